The van der Waals surface area contributed by atoms with Crippen LogP contribution >= 0.6 is 0 Å². The summed E-state index contributed by atoms with van der Waals surface area (Å²) in [5.41, 5.74) is 0. The Hall–Kier alpha value is -1.94. The molecule has 0 amide bonds. The minimum Gasteiger partial charge on any atom is -0.356 e. The van der Waals surface area contributed by atoms with Gasteiger partial charge in [-0.25, -0.2) is 22.5 Å². The highest BCUT2D eigenvalue weighted by Gasteiger charge is 2.25. The molecule has 0 aliphatic carbocycles. The first-order chi connectivity index (χ1) is 11.9. The molecule has 2 heterocycles. The number of pyridine rings is 1. The Bertz CT molecular complexity index is 697. The van der Waals surface area contributed by atoms with Crippen LogP contribution in [-0.4, -0.2) is 64.9 Å². The minimum absolute atomic E-state index is 0.141. The number of nitrogens with one attached hydrogen (secondary N) is 3. The molecule has 1 fully saturated rings. The van der Waals surface area contributed by atoms with Crippen LogP contribution in [0.15, 0.2) is 23.3 Å². The van der Waals surface area contributed by atoms with Crippen LogP contribution in [0.5, 0.6) is 0 Å². The molecule has 2 rings (SSSR count). The van der Waals surface area contributed by atoms with E-state index in [2.05, 4.69) is 25.3 Å². The number of sulfonamides is 1. The molecule has 3 N–H and O–H groups in total. The lowest BCUT2D eigenvalue weighted by Gasteiger charge is -2.20. The van der Waals surface area contributed by atoms with Crippen LogP contribution in [0.3, 0.4) is 0 Å². The Balaban J connectivity index is 1.74. The number of halogens is 1. The fourth-order valence-electron chi connectivity index (χ4n) is 2.62. The normalized spacial score (nSPS) is 18.4. The third-order valence-corrected chi connectivity index (χ3v) is 4.53. The van der Waals surface area contributed by atoms with Gasteiger partial charge in [-0.1, -0.05) is 0 Å². The number of guanidine groups is 1. The predicted molar refractivity (Wildman–Crippen MR) is 96.8 cm³/mol. The molecule has 140 valence electrons. The summed E-state index contributed by atoms with van der Waals surface area (Å²) in [6.45, 7) is 2.33. The molecule has 1 aromatic heterocycles. The van der Waals surface area contributed by atoms with Crippen molar-refractivity contribution in [2.45, 2.75) is 18.9 Å². The van der Waals surface area contributed by atoms with Gasteiger partial charge in [0.05, 0.1) is 6.26 Å². The lowest BCUT2D eigenvalue weighted by Crippen LogP contribution is -2.45. The SMILES string of the molecule is CN=C(NCCCNS(C)(=O)=O)NC1CCN(c2ncccc2F)C1. The highest BCUT2D eigenvalue weighted by molar-refractivity contribution is 7.88. The number of nitrogens with zero attached hydrogens (tertiary/aromatic N) is 3. The highest BCUT2D eigenvalue weighted by Crippen LogP contribution is 2.20. The fourth-order valence-corrected chi connectivity index (χ4v) is 3.14. The summed E-state index contributed by atoms with van der Waals surface area (Å²) in [7, 11) is -1.47. The Labute approximate surface area is 148 Å². The van der Waals surface area contributed by atoms with Gasteiger partial charge in [-0.3, -0.25) is 4.99 Å². The van der Waals surface area contributed by atoms with Crippen molar-refractivity contribution >= 4 is 21.8 Å². The van der Waals surface area contributed by atoms with Gasteiger partial charge < -0.3 is 15.5 Å². The van der Waals surface area contributed by atoms with Crippen LogP contribution in [0.25, 0.3) is 0 Å². The molecule has 1 aliphatic heterocycles. The van der Waals surface area contributed by atoms with Gasteiger partial charge in [-0.2, -0.15) is 0 Å². The lowest BCUT2D eigenvalue weighted by molar-refractivity contribution is 0.583. The van der Waals surface area contributed by atoms with Crippen molar-refractivity contribution in [2.24, 2.45) is 4.99 Å². The van der Waals surface area contributed by atoms with Crippen molar-refractivity contribution in [1.82, 2.24) is 20.3 Å². The second-order valence-electron chi connectivity index (χ2n) is 5.90. The van der Waals surface area contributed by atoms with Crippen molar-refractivity contribution < 1.29 is 12.8 Å². The molecular formula is C15H25FN6O2S. The van der Waals surface area contributed by atoms with E-state index >= 15 is 0 Å². The molecule has 25 heavy (non-hydrogen) atoms. The number of anilines is 1. The van der Waals surface area contributed by atoms with E-state index in [0.717, 1.165) is 19.2 Å². The van der Waals surface area contributed by atoms with Crippen molar-refractivity contribution in [3.8, 4) is 0 Å². The Morgan fingerprint density at radius 3 is 2.96 bits per heavy atom. The molecule has 1 saturated heterocycles. The Morgan fingerprint density at radius 2 is 2.28 bits per heavy atom. The van der Waals surface area contributed by atoms with Crippen LogP contribution in [0.2, 0.25) is 0 Å². The van der Waals surface area contributed by atoms with Crippen molar-refractivity contribution in [2.75, 3.05) is 44.4 Å². The van der Waals surface area contributed by atoms with E-state index < -0.39 is 10.0 Å². The average molecular weight is 372 g/mol. The average Bonchev–Trinajstić information content (AvgIpc) is 3.01. The van der Waals surface area contributed by atoms with Crippen molar-refractivity contribution in [1.29, 1.82) is 0 Å². The maximum Gasteiger partial charge on any atom is 0.208 e. The minimum atomic E-state index is -3.15. The third-order valence-electron chi connectivity index (χ3n) is 3.80. The maximum atomic E-state index is 13.8. The van der Waals surface area contributed by atoms with Crippen LogP contribution in [-0.2, 0) is 10.0 Å². The number of hydrogen-bond donors (Lipinski definition) is 3. The number of aliphatic imine (C=N–C) groups is 1. The number of rotatable bonds is 7. The van der Waals surface area contributed by atoms with Gasteiger partial charge in [0.15, 0.2) is 17.6 Å². The van der Waals surface area contributed by atoms with Crippen molar-refractivity contribution in [3.63, 3.8) is 0 Å². The molecule has 1 atom stereocenters. The van der Waals surface area contributed by atoms with Gasteiger partial charge in [0, 0.05) is 45.5 Å². The topological polar surface area (TPSA) is 98.7 Å². The molecule has 0 radical (unpaired) electrons. The van der Waals surface area contributed by atoms with Crippen LogP contribution in [0.4, 0.5) is 10.2 Å². The first-order valence-electron chi connectivity index (χ1n) is 8.16. The summed E-state index contributed by atoms with van der Waals surface area (Å²) in [4.78, 5) is 10.2. The third kappa shape index (κ3) is 6.46. The Morgan fingerprint density at radius 1 is 1.48 bits per heavy atom. The quantitative estimate of drug-likeness (QED) is 0.351. The molecule has 0 aromatic carbocycles. The van der Waals surface area contributed by atoms with E-state index in [1.165, 1.54) is 6.07 Å². The van der Waals surface area contributed by atoms with E-state index in [1.54, 1.807) is 19.3 Å². The first kappa shape index (κ1) is 19.4. The molecule has 1 aliphatic rings. The summed E-state index contributed by atoms with van der Waals surface area (Å²) < 4.78 is 38.2. The number of aromatic nitrogens is 1. The lowest BCUT2D eigenvalue weighted by atomic mass is 10.3. The summed E-state index contributed by atoms with van der Waals surface area (Å²) in [6, 6.07) is 3.13. The zero-order valence-electron chi connectivity index (χ0n) is 14.5. The smallest absolute Gasteiger partial charge is 0.208 e. The van der Waals surface area contributed by atoms with E-state index in [0.29, 0.717) is 37.8 Å². The second-order valence-corrected chi connectivity index (χ2v) is 7.74. The molecule has 8 nitrogen and oxygen atoms in total. The van der Waals surface area contributed by atoms with E-state index in [9.17, 15) is 12.8 Å². The molecule has 0 bridgehead atoms. The summed E-state index contributed by atoms with van der Waals surface area (Å²) in [5, 5.41) is 6.44. The Kier molecular flexibility index (Phi) is 6.94. The molecule has 1 unspecified atom stereocenters. The summed E-state index contributed by atoms with van der Waals surface area (Å²) in [5.74, 6) is 0.707. The van der Waals surface area contributed by atoms with E-state index in [4.69, 9.17) is 0 Å². The van der Waals surface area contributed by atoms with Gasteiger partial charge in [-0.05, 0) is 25.0 Å². The number of hydrogen-bond acceptors (Lipinski definition) is 5. The predicted octanol–water partition coefficient (Wildman–Crippen LogP) is -0.0963. The van der Waals surface area contributed by atoms with Gasteiger partial charge >= 0.3 is 0 Å². The van der Waals surface area contributed by atoms with Gasteiger partial charge in [0.2, 0.25) is 10.0 Å². The van der Waals surface area contributed by atoms with E-state index in [-0.39, 0.29) is 11.9 Å². The zero-order chi connectivity index (χ0) is 18.3. The monoisotopic (exact) mass is 372 g/mol. The molecule has 0 spiro atoms. The fraction of sp³-hybridized carbons (Fsp3) is 0.600. The van der Waals surface area contributed by atoms with Gasteiger partial charge in [0.25, 0.3) is 0 Å². The summed E-state index contributed by atoms with van der Waals surface area (Å²) >= 11 is 0. The molecule has 0 saturated carbocycles. The van der Waals surface area contributed by atoms with Crippen LogP contribution < -0.4 is 20.3 Å². The zero-order valence-corrected chi connectivity index (χ0v) is 15.3. The standard InChI is InChI=1S/C15H25FN6O2S/c1-17-15(19-8-4-9-20-25(2,23)24)21-12-6-10-22(11-12)14-13(16)5-3-7-18-14/h3,5,7,12,20H,4,6,8-11H2,1-2H3,(H2,17,19,21). The molecule has 10 heteroatoms. The van der Waals surface area contributed by atoms with Crippen molar-refractivity contribution in [3.05, 3.63) is 24.1 Å². The van der Waals surface area contributed by atoms with E-state index in [1.807, 2.05) is 4.90 Å². The van der Waals surface area contributed by atoms with Crippen LogP contribution in [0, 0.1) is 5.82 Å². The molecular weight excluding hydrogens is 347 g/mol. The van der Waals surface area contributed by atoms with Gasteiger partial charge in [0.1, 0.15) is 0 Å². The second kappa shape index (κ2) is 8.95. The van der Waals surface area contributed by atoms with Gasteiger partial charge in [-0.15, -0.1) is 0 Å². The summed E-state index contributed by atoms with van der Waals surface area (Å²) in [6.07, 6.45) is 4.22. The first-order valence-corrected chi connectivity index (χ1v) is 10.1. The maximum absolute atomic E-state index is 13.8. The highest BCUT2D eigenvalue weighted by atomic mass is 32.2. The van der Waals surface area contributed by atoms with Crippen LogP contribution in [0.1, 0.15) is 12.8 Å². The molecule has 1 aromatic rings. The largest absolute Gasteiger partial charge is 0.356 e.